The summed E-state index contributed by atoms with van der Waals surface area (Å²) in [6, 6.07) is 0.0401. The van der Waals surface area contributed by atoms with E-state index in [0.717, 1.165) is 12.8 Å². The van der Waals surface area contributed by atoms with Gasteiger partial charge in [-0.1, -0.05) is 0 Å². The highest BCUT2D eigenvalue weighted by atomic mass is 16.6. The Balaban J connectivity index is 1.72. The van der Waals surface area contributed by atoms with Crippen LogP contribution in [0.25, 0.3) is 11.2 Å². The number of aliphatic hydroxyl groups is 1. The molecule has 2 aromatic heterocycles. The van der Waals surface area contributed by atoms with E-state index in [0.29, 0.717) is 35.9 Å². The van der Waals surface area contributed by atoms with Gasteiger partial charge in [-0.3, -0.25) is 4.57 Å². The number of rotatable bonds is 3. The van der Waals surface area contributed by atoms with Crippen molar-refractivity contribution < 1.29 is 14.6 Å². The lowest BCUT2D eigenvalue weighted by Gasteiger charge is -2.44. The fourth-order valence-electron chi connectivity index (χ4n) is 4.27. The van der Waals surface area contributed by atoms with E-state index in [9.17, 15) is 14.7 Å². The number of fused-ring (bicyclic) bond motifs is 1. The van der Waals surface area contributed by atoms with Gasteiger partial charge in [0.2, 0.25) is 0 Å². The van der Waals surface area contributed by atoms with E-state index in [2.05, 4.69) is 9.97 Å². The number of aliphatic hydroxyl groups excluding tert-OH is 1. The van der Waals surface area contributed by atoms with E-state index in [1.807, 2.05) is 44.1 Å². The first-order valence-corrected chi connectivity index (χ1v) is 10.9. The topological polar surface area (TPSA) is 106 Å². The molecule has 1 amide bonds. The van der Waals surface area contributed by atoms with Crippen LogP contribution in [0, 0.1) is 0 Å². The summed E-state index contributed by atoms with van der Waals surface area (Å²) in [5.41, 5.74) is 0.384. The Labute approximate surface area is 181 Å². The van der Waals surface area contributed by atoms with Crippen LogP contribution in [0.4, 0.5) is 10.6 Å². The van der Waals surface area contributed by atoms with E-state index in [-0.39, 0.29) is 36.5 Å². The molecule has 0 aromatic carbocycles. The number of imidazole rings is 1. The Hall–Kier alpha value is -2.62. The summed E-state index contributed by atoms with van der Waals surface area (Å²) in [6.45, 7) is 10.3. The lowest BCUT2D eigenvalue weighted by atomic mass is 10.1. The monoisotopic (exact) mass is 432 g/mol. The number of hydrogen-bond donors (Lipinski definition) is 1. The maximum Gasteiger partial charge on any atom is 0.410 e. The predicted molar refractivity (Wildman–Crippen MR) is 116 cm³/mol. The van der Waals surface area contributed by atoms with Gasteiger partial charge in [0.1, 0.15) is 29.2 Å². The molecule has 0 unspecified atom stereocenters. The van der Waals surface area contributed by atoms with Crippen molar-refractivity contribution in [2.24, 2.45) is 7.05 Å². The molecule has 0 spiro atoms. The molecule has 0 radical (unpaired) electrons. The number of nitrogens with zero attached hydrogens (tertiary/aromatic N) is 6. The number of anilines is 1. The molecule has 170 valence electrons. The third kappa shape index (κ3) is 3.88. The van der Waals surface area contributed by atoms with Crippen LogP contribution in [-0.2, 0) is 18.4 Å². The zero-order chi connectivity index (χ0) is 22.7. The number of hydrogen-bond acceptors (Lipinski definition) is 7. The second-order valence-corrected chi connectivity index (χ2v) is 9.72. The van der Waals surface area contributed by atoms with Gasteiger partial charge in [-0.05, 0) is 47.5 Å². The van der Waals surface area contributed by atoms with Crippen molar-refractivity contribution in [2.75, 3.05) is 18.0 Å². The van der Waals surface area contributed by atoms with Gasteiger partial charge in [-0.25, -0.2) is 14.6 Å². The van der Waals surface area contributed by atoms with E-state index in [4.69, 9.17) is 4.74 Å². The van der Waals surface area contributed by atoms with Gasteiger partial charge in [0.15, 0.2) is 5.82 Å². The fourth-order valence-corrected chi connectivity index (χ4v) is 4.27. The first-order chi connectivity index (χ1) is 14.5. The Kier molecular flexibility index (Phi) is 5.23. The Morgan fingerprint density at radius 2 is 1.84 bits per heavy atom. The van der Waals surface area contributed by atoms with Crippen molar-refractivity contribution in [3.63, 3.8) is 0 Å². The molecule has 10 nitrogen and oxygen atoms in total. The summed E-state index contributed by atoms with van der Waals surface area (Å²) in [5, 5.41) is 9.88. The summed E-state index contributed by atoms with van der Waals surface area (Å²) in [4.78, 5) is 38.2. The van der Waals surface area contributed by atoms with Gasteiger partial charge in [-0.15, -0.1) is 0 Å². The molecule has 4 rings (SSSR count). The predicted octanol–water partition coefficient (Wildman–Crippen LogP) is 1.79. The number of carbonyl (C=O) groups excluding carboxylic acids is 1. The van der Waals surface area contributed by atoms with Crippen LogP contribution in [0.5, 0.6) is 0 Å². The summed E-state index contributed by atoms with van der Waals surface area (Å²) < 4.78 is 9.05. The van der Waals surface area contributed by atoms with E-state index in [1.54, 1.807) is 11.9 Å². The standard InChI is InChI=1S/C21H32N6O4/c1-12-10-26(20(30)31-21(3,4)5)13(2)9-25(12)17-16-18(24(6)19(29)23-17)27(14-7-8-14)15(11-28)22-16/h12-14,28H,7-11H2,1-6H3/t12-,13+/m0/s1. The Morgan fingerprint density at radius 1 is 1.16 bits per heavy atom. The molecule has 1 N–H and O–H groups in total. The second-order valence-electron chi connectivity index (χ2n) is 9.72. The van der Waals surface area contributed by atoms with Crippen LogP contribution in [-0.4, -0.2) is 66.0 Å². The van der Waals surface area contributed by atoms with Gasteiger partial charge in [0, 0.05) is 38.3 Å². The van der Waals surface area contributed by atoms with Crippen molar-refractivity contribution >= 4 is 23.1 Å². The summed E-state index contributed by atoms with van der Waals surface area (Å²) >= 11 is 0. The van der Waals surface area contributed by atoms with E-state index < -0.39 is 5.60 Å². The number of carbonyl (C=O) groups is 1. The normalized spacial score (nSPS) is 22.3. The van der Waals surface area contributed by atoms with E-state index >= 15 is 0 Å². The van der Waals surface area contributed by atoms with Crippen LogP contribution in [0.1, 0.15) is 59.3 Å². The maximum absolute atomic E-state index is 12.7. The van der Waals surface area contributed by atoms with Gasteiger partial charge >= 0.3 is 11.8 Å². The zero-order valence-corrected chi connectivity index (χ0v) is 19.1. The minimum atomic E-state index is -0.563. The number of ether oxygens (including phenoxy) is 1. The van der Waals surface area contributed by atoms with Crippen LogP contribution in [0.3, 0.4) is 0 Å². The SMILES string of the molecule is C[C@@H]1CN(c2nc(=O)n(C)c3c2nc(CO)n3C2CC2)[C@@H](C)CN1C(=O)OC(C)(C)C. The van der Waals surface area contributed by atoms with E-state index in [1.165, 1.54) is 4.57 Å². The summed E-state index contributed by atoms with van der Waals surface area (Å²) in [5.74, 6) is 1.06. The minimum absolute atomic E-state index is 0.0878. The molecule has 2 fully saturated rings. The first kappa shape index (κ1) is 21.6. The second kappa shape index (κ2) is 7.51. The molecule has 1 aliphatic heterocycles. The van der Waals surface area contributed by atoms with Crippen LogP contribution in [0.2, 0.25) is 0 Å². The molecular weight excluding hydrogens is 400 g/mol. The molecule has 3 heterocycles. The minimum Gasteiger partial charge on any atom is -0.444 e. The van der Waals surface area contributed by atoms with Crippen LogP contribution in [0.15, 0.2) is 4.79 Å². The quantitative estimate of drug-likeness (QED) is 0.788. The molecule has 10 heteroatoms. The van der Waals surface area contributed by atoms with Gasteiger partial charge < -0.3 is 24.2 Å². The van der Waals surface area contributed by atoms with Crippen molar-refractivity contribution in [1.82, 2.24) is 24.0 Å². The van der Waals surface area contributed by atoms with Gasteiger partial charge in [-0.2, -0.15) is 4.98 Å². The van der Waals surface area contributed by atoms with Crippen LogP contribution >= 0.6 is 0 Å². The third-order valence-corrected chi connectivity index (χ3v) is 5.92. The lowest BCUT2D eigenvalue weighted by Crippen LogP contribution is -2.59. The Morgan fingerprint density at radius 3 is 2.42 bits per heavy atom. The average molecular weight is 433 g/mol. The third-order valence-electron chi connectivity index (χ3n) is 5.92. The molecule has 1 saturated carbocycles. The summed E-state index contributed by atoms with van der Waals surface area (Å²) in [6.07, 6.45) is 1.67. The van der Waals surface area contributed by atoms with Crippen LogP contribution < -0.4 is 10.6 Å². The Bertz CT molecular complexity index is 1060. The van der Waals surface area contributed by atoms with Crippen molar-refractivity contribution in [3.8, 4) is 0 Å². The highest BCUT2D eigenvalue weighted by molar-refractivity contribution is 5.85. The maximum atomic E-state index is 12.7. The van der Waals surface area contributed by atoms with Gasteiger partial charge in [0.05, 0.1) is 0 Å². The highest BCUT2D eigenvalue weighted by Crippen LogP contribution is 2.40. The first-order valence-electron chi connectivity index (χ1n) is 10.9. The van der Waals surface area contributed by atoms with Crippen molar-refractivity contribution in [1.29, 1.82) is 0 Å². The highest BCUT2D eigenvalue weighted by Gasteiger charge is 2.37. The smallest absolute Gasteiger partial charge is 0.410 e. The number of amides is 1. The number of aryl methyl sites for hydroxylation is 1. The molecule has 2 atom stereocenters. The molecule has 1 aliphatic carbocycles. The lowest BCUT2D eigenvalue weighted by molar-refractivity contribution is 0.0130. The van der Waals surface area contributed by atoms with Crippen molar-refractivity contribution in [3.05, 3.63) is 16.3 Å². The zero-order valence-electron chi connectivity index (χ0n) is 19.1. The average Bonchev–Trinajstić information content (AvgIpc) is 3.44. The number of aromatic nitrogens is 4. The molecule has 2 aliphatic rings. The van der Waals surface area contributed by atoms with Crippen molar-refractivity contribution in [2.45, 2.75) is 77.8 Å². The molecule has 1 saturated heterocycles. The fraction of sp³-hybridized carbons (Fsp3) is 0.714. The molecule has 2 aromatic rings. The summed E-state index contributed by atoms with van der Waals surface area (Å²) in [7, 11) is 1.69. The molecule has 31 heavy (non-hydrogen) atoms. The van der Waals surface area contributed by atoms with Gasteiger partial charge in [0.25, 0.3) is 0 Å². The molecule has 0 bridgehead atoms. The number of piperazine rings is 1. The molecular formula is C21H32N6O4. The largest absolute Gasteiger partial charge is 0.444 e.